The van der Waals surface area contributed by atoms with Crippen molar-refractivity contribution in [3.8, 4) is 0 Å². The maximum atomic E-state index is 6.19. The van der Waals surface area contributed by atoms with Crippen molar-refractivity contribution in [2.45, 2.75) is 17.4 Å². The van der Waals surface area contributed by atoms with Gasteiger partial charge in [-0.1, -0.05) is 76.4 Å². The molecule has 7 heteroatoms. The molecule has 0 fully saturated rings. The van der Waals surface area contributed by atoms with Crippen molar-refractivity contribution in [2.24, 2.45) is 5.16 Å². The number of aromatic nitrogens is 1. The first kappa shape index (κ1) is 22.0. The fourth-order valence-corrected chi connectivity index (χ4v) is 4.42. The van der Waals surface area contributed by atoms with Crippen molar-refractivity contribution in [2.75, 3.05) is 0 Å². The number of fused-ring (bicyclic) bond motifs is 1. The fraction of sp³-hybridized carbons (Fsp3) is 0.0833. The molecule has 31 heavy (non-hydrogen) atoms. The second-order valence-corrected chi connectivity index (χ2v) is 8.98. The highest BCUT2D eigenvalue weighted by molar-refractivity contribution is 7.98. The minimum Gasteiger partial charge on any atom is -0.391 e. The number of hydrogen-bond acceptors (Lipinski definition) is 4. The minimum absolute atomic E-state index is 0.251. The van der Waals surface area contributed by atoms with Gasteiger partial charge in [0.1, 0.15) is 11.6 Å². The SMILES string of the molecule is Clc1ccc(CSc2nc3ccccc3cc2C=NOCc2ccc(Cl)cc2Cl)cc1. The number of nitrogens with zero attached hydrogens (tertiary/aromatic N) is 2. The first-order chi connectivity index (χ1) is 15.1. The van der Waals surface area contributed by atoms with Crippen molar-refractivity contribution >= 4 is 63.7 Å². The maximum Gasteiger partial charge on any atom is 0.143 e. The van der Waals surface area contributed by atoms with Crippen LogP contribution in [-0.4, -0.2) is 11.2 Å². The predicted octanol–water partition coefficient (Wildman–Crippen LogP) is 8.04. The van der Waals surface area contributed by atoms with Crippen LogP contribution in [0.3, 0.4) is 0 Å². The summed E-state index contributed by atoms with van der Waals surface area (Å²) in [5, 5.41) is 7.93. The summed E-state index contributed by atoms with van der Waals surface area (Å²) in [4.78, 5) is 10.3. The zero-order valence-electron chi connectivity index (χ0n) is 16.3. The van der Waals surface area contributed by atoms with Gasteiger partial charge in [0.25, 0.3) is 0 Å². The van der Waals surface area contributed by atoms with E-state index in [2.05, 4.69) is 11.2 Å². The number of thioether (sulfide) groups is 1. The van der Waals surface area contributed by atoms with Crippen LogP contribution in [0.4, 0.5) is 0 Å². The van der Waals surface area contributed by atoms with Crippen LogP contribution in [0.1, 0.15) is 16.7 Å². The van der Waals surface area contributed by atoms with E-state index in [4.69, 9.17) is 44.6 Å². The third-order valence-corrected chi connectivity index (χ3v) is 6.42. The molecule has 0 spiro atoms. The van der Waals surface area contributed by atoms with E-state index < -0.39 is 0 Å². The van der Waals surface area contributed by atoms with E-state index in [1.165, 1.54) is 5.56 Å². The average Bonchev–Trinajstić information content (AvgIpc) is 2.77. The molecule has 0 aliphatic heterocycles. The lowest BCUT2D eigenvalue weighted by Gasteiger charge is -2.08. The largest absolute Gasteiger partial charge is 0.391 e. The number of hydrogen-bond donors (Lipinski definition) is 0. The molecule has 0 aliphatic rings. The monoisotopic (exact) mass is 486 g/mol. The lowest BCUT2D eigenvalue weighted by molar-refractivity contribution is 0.132. The molecule has 0 radical (unpaired) electrons. The Morgan fingerprint density at radius 1 is 0.903 bits per heavy atom. The first-order valence-electron chi connectivity index (χ1n) is 9.45. The first-order valence-corrected chi connectivity index (χ1v) is 11.6. The predicted molar refractivity (Wildman–Crippen MR) is 132 cm³/mol. The Kier molecular flexibility index (Phi) is 7.36. The molecule has 1 heterocycles. The Morgan fingerprint density at radius 3 is 2.48 bits per heavy atom. The summed E-state index contributed by atoms with van der Waals surface area (Å²) >= 11 is 19.8. The highest BCUT2D eigenvalue weighted by Gasteiger charge is 2.08. The molecule has 0 unspecified atom stereocenters. The molecule has 4 aromatic rings. The van der Waals surface area contributed by atoms with Crippen molar-refractivity contribution in [1.82, 2.24) is 4.98 Å². The smallest absolute Gasteiger partial charge is 0.143 e. The fourth-order valence-electron chi connectivity index (χ4n) is 2.89. The number of benzene rings is 3. The van der Waals surface area contributed by atoms with Crippen molar-refractivity contribution in [3.05, 3.63) is 105 Å². The van der Waals surface area contributed by atoms with Gasteiger partial charge in [-0.05, 0) is 42.0 Å². The van der Waals surface area contributed by atoms with Crippen LogP contribution in [0.25, 0.3) is 10.9 Å². The Balaban J connectivity index is 1.52. The third kappa shape index (κ3) is 5.92. The molecule has 3 aromatic carbocycles. The van der Waals surface area contributed by atoms with Crippen LogP contribution in [0.2, 0.25) is 15.1 Å². The summed E-state index contributed by atoms with van der Waals surface area (Å²) in [7, 11) is 0. The lowest BCUT2D eigenvalue weighted by atomic mass is 10.2. The van der Waals surface area contributed by atoms with Crippen LogP contribution < -0.4 is 0 Å². The van der Waals surface area contributed by atoms with E-state index in [0.29, 0.717) is 10.0 Å². The maximum absolute atomic E-state index is 6.19. The quantitative estimate of drug-likeness (QED) is 0.150. The molecule has 0 amide bonds. The second-order valence-electron chi connectivity index (χ2n) is 6.73. The topological polar surface area (TPSA) is 34.5 Å². The Morgan fingerprint density at radius 2 is 1.68 bits per heavy atom. The van der Waals surface area contributed by atoms with Crippen LogP contribution in [-0.2, 0) is 17.2 Å². The Labute approximate surface area is 200 Å². The van der Waals surface area contributed by atoms with Crippen LogP contribution >= 0.6 is 46.6 Å². The van der Waals surface area contributed by atoms with E-state index in [9.17, 15) is 0 Å². The van der Waals surface area contributed by atoms with E-state index >= 15 is 0 Å². The number of pyridine rings is 1. The van der Waals surface area contributed by atoms with Crippen molar-refractivity contribution < 1.29 is 4.84 Å². The number of halogens is 3. The van der Waals surface area contributed by atoms with E-state index in [1.807, 2.05) is 54.6 Å². The summed E-state index contributed by atoms with van der Waals surface area (Å²) in [5.74, 6) is 0.768. The van der Waals surface area contributed by atoms with E-state index in [1.54, 1.807) is 30.1 Å². The Bertz CT molecular complexity index is 1230. The van der Waals surface area contributed by atoms with Gasteiger partial charge in [0.15, 0.2) is 0 Å². The number of rotatable bonds is 7. The minimum atomic E-state index is 0.251. The standard InChI is InChI=1S/C24H17Cl3N2OS/c25-20-8-5-16(6-9-20)15-31-24-19(11-17-3-1-2-4-23(17)29-24)13-28-30-14-18-7-10-21(26)12-22(18)27/h1-13H,14-15H2. The molecule has 0 saturated heterocycles. The highest BCUT2D eigenvalue weighted by atomic mass is 35.5. The Hall–Kier alpha value is -2.24. The molecule has 0 bridgehead atoms. The van der Waals surface area contributed by atoms with Gasteiger partial charge >= 0.3 is 0 Å². The van der Waals surface area contributed by atoms with Gasteiger partial charge in [-0.3, -0.25) is 0 Å². The van der Waals surface area contributed by atoms with Crippen LogP contribution in [0.15, 0.2) is 83.0 Å². The normalized spacial score (nSPS) is 11.3. The molecule has 4 rings (SSSR count). The van der Waals surface area contributed by atoms with Gasteiger partial charge in [0, 0.05) is 37.3 Å². The molecule has 0 aliphatic carbocycles. The molecular formula is C24H17Cl3N2OS. The molecule has 0 atom stereocenters. The summed E-state index contributed by atoms with van der Waals surface area (Å²) < 4.78 is 0. The second kappa shape index (κ2) is 10.4. The third-order valence-electron chi connectivity index (χ3n) is 4.51. The van der Waals surface area contributed by atoms with E-state index in [0.717, 1.165) is 37.8 Å². The van der Waals surface area contributed by atoms with Crippen LogP contribution in [0.5, 0.6) is 0 Å². The average molecular weight is 488 g/mol. The summed E-state index contributed by atoms with van der Waals surface area (Å²) in [5.41, 5.74) is 3.81. The molecule has 3 nitrogen and oxygen atoms in total. The summed E-state index contributed by atoms with van der Waals surface area (Å²) in [6.07, 6.45) is 1.69. The van der Waals surface area contributed by atoms with Crippen molar-refractivity contribution in [3.63, 3.8) is 0 Å². The molecule has 1 aromatic heterocycles. The van der Waals surface area contributed by atoms with Crippen molar-refractivity contribution in [1.29, 1.82) is 0 Å². The van der Waals surface area contributed by atoms with Gasteiger partial charge in [-0.2, -0.15) is 0 Å². The zero-order valence-corrected chi connectivity index (χ0v) is 19.3. The van der Waals surface area contributed by atoms with Gasteiger partial charge in [0.05, 0.1) is 11.7 Å². The molecular weight excluding hydrogens is 471 g/mol. The number of oxime groups is 1. The molecule has 0 N–H and O–H groups in total. The van der Waals surface area contributed by atoms with Gasteiger partial charge < -0.3 is 4.84 Å². The highest BCUT2D eigenvalue weighted by Crippen LogP contribution is 2.28. The molecule has 0 saturated carbocycles. The van der Waals surface area contributed by atoms with E-state index in [-0.39, 0.29) is 6.61 Å². The van der Waals surface area contributed by atoms with Gasteiger partial charge in [-0.15, -0.1) is 11.8 Å². The van der Waals surface area contributed by atoms with Gasteiger partial charge in [0.2, 0.25) is 0 Å². The molecule has 156 valence electrons. The summed E-state index contributed by atoms with van der Waals surface area (Å²) in [6.45, 7) is 0.251. The number of para-hydroxylation sites is 1. The van der Waals surface area contributed by atoms with Crippen LogP contribution in [0, 0.1) is 0 Å². The lowest BCUT2D eigenvalue weighted by Crippen LogP contribution is -1.95. The van der Waals surface area contributed by atoms with Gasteiger partial charge in [-0.25, -0.2) is 4.98 Å². The zero-order chi connectivity index (χ0) is 21.6. The summed E-state index contributed by atoms with van der Waals surface area (Å²) in [6, 6.07) is 23.2.